The summed E-state index contributed by atoms with van der Waals surface area (Å²) in [7, 11) is 0. The highest BCUT2D eigenvalue weighted by Crippen LogP contribution is 2.28. The van der Waals surface area contributed by atoms with Crippen LogP contribution in [-0.2, 0) is 11.3 Å². The molecule has 0 aliphatic heterocycles. The Kier molecular flexibility index (Phi) is 3.52. The lowest BCUT2D eigenvalue weighted by atomic mass is 9.90. The van der Waals surface area contributed by atoms with Gasteiger partial charge in [-0.2, -0.15) is 5.10 Å². The van der Waals surface area contributed by atoms with Crippen LogP contribution in [0.3, 0.4) is 0 Å². The van der Waals surface area contributed by atoms with Crippen molar-refractivity contribution in [2.24, 2.45) is 5.92 Å². The third-order valence-electron chi connectivity index (χ3n) is 3.12. The molecule has 1 heterocycles. The van der Waals surface area contributed by atoms with Gasteiger partial charge in [0.1, 0.15) is 12.8 Å². The van der Waals surface area contributed by atoms with E-state index in [1.165, 1.54) is 16.3 Å². The predicted octanol–water partition coefficient (Wildman–Crippen LogP) is 1.65. The Labute approximate surface area is 100.0 Å². The molecule has 1 aliphatic rings. The molecule has 0 spiro atoms. The second-order valence-corrected chi connectivity index (χ2v) is 4.51. The van der Waals surface area contributed by atoms with Crippen molar-refractivity contribution in [2.45, 2.75) is 32.7 Å². The number of rotatable bonds is 3. The molecule has 90 valence electrons. The van der Waals surface area contributed by atoms with E-state index in [1.54, 1.807) is 6.07 Å². The first-order valence-corrected chi connectivity index (χ1v) is 5.92. The largest absolute Gasteiger partial charge is 0.301 e. The van der Waals surface area contributed by atoms with Crippen molar-refractivity contribution in [3.63, 3.8) is 0 Å². The third kappa shape index (κ3) is 2.70. The lowest BCUT2D eigenvalue weighted by molar-refractivity contribution is -0.108. The van der Waals surface area contributed by atoms with E-state index in [4.69, 9.17) is 0 Å². The number of aromatic nitrogens is 2. The summed E-state index contributed by atoms with van der Waals surface area (Å²) in [6, 6.07) is 3.22. The molecule has 1 aliphatic carbocycles. The second kappa shape index (κ2) is 5.08. The average Bonchev–Trinajstić information content (AvgIpc) is 2.33. The molecule has 2 rings (SSSR count). The SMILES string of the molecule is CC1CC=C(c2ccc(=O)n(CC=O)n2)CC1. The smallest absolute Gasteiger partial charge is 0.267 e. The van der Waals surface area contributed by atoms with Gasteiger partial charge in [0.05, 0.1) is 5.69 Å². The Balaban J connectivity index is 2.30. The van der Waals surface area contributed by atoms with Crippen LogP contribution >= 0.6 is 0 Å². The molecule has 0 fully saturated rings. The number of nitrogens with zero attached hydrogens (tertiary/aromatic N) is 2. The summed E-state index contributed by atoms with van der Waals surface area (Å²) in [4.78, 5) is 21.9. The fraction of sp³-hybridized carbons (Fsp3) is 0.462. The minimum Gasteiger partial charge on any atom is -0.301 e. The zero-order valence-corrected chi connectivity index (χ0v) is 9.93. The van der Waals surface area contributed by atoms with E-state index in [1.807, 2.05) is 0 Å². The van der Waals surface area contributed by atoms with Crippen LogP contribution in [0.15, 0.2) is 23.0 Å². The molecule has 1 aromatic rings. The van der Waals surface area contributed by atoms with Gasteiger partial charge in [0, 0.05) is 6.07 Å². The molecule has 0 N–H and O–H groups in total. The van der Waals surface area contributed by atoms with Crippen molar-refractivity contribution in [1.29, 1.82) is 0 Å². The van der Waals surface area contributed by atoms with Gasteiger partial charge < -0.3 is 4.79 Å². The number of hydrogen-bond acceptors (Lipinski definition) is 3. The van der Waals surface area contributed by atoms with Crippen LogP contribution in [0.2, 0.25) is 0 Å². The second-order valence-electron chi connectivity index (χ2n) is 4.51. The molecule has 0 bridgehead atoms. The van der Waals surface area contributed by atoms with Crippen LogP contribution < -0.4 is 5.56 Å². The third-order valence-corrected chi connectivity index (χ3v) is 3.12. The van der Waals surface area contributed by atoms with Gasteiger partial charge in [-0.3, -0.25) is 4.79 Å². The molecular formula is C13H16N2O2. The van der Waals surface area contributed by atoms with Gasteiger partial charge in [-0.1, -0.05) is 13.0 Å². The Hall–Kier alpha value is -1.71. The highest BCUT2D eigenvalue weighted by atomic mass is 16.1. The number of carbonyl (C=O) groups is 1. The summed E-state index contributed by atoms with van der Waals surface area (Å²) in [5.74, 6) is 0.722. The molecule has 0 amide bonds. The Morgan fingerprint density at radius 1 is 1.53 bits per heavy atom. The molecule has 17 heavy (non-hydrogen) atoms. The normalized spacial score (nSPS) is 19.8. The quantitative estimate of drug-likeness (QED) is 0.744. The van der Waals surface area contributed by atoms with Gasteiger partial charge in [0.2, 0.25) is 0 Å². The summed E-state index contributed by atoms with van der Waals surface area (Å²) >= 11 is 0. The lowest BCUT2D eigenvalue weighted by Gasteiger charge is -2.17. The van der Waals surface area contributed by atoms with Crippen molar-refractivity contribution >= 4 is 11.9 Å². The minimum atomic E-state index is -0.231. The molecule has 1 aromatic heterocycles. The highest BCUT2D eigenvalue weighted by Gasteiger charge is 2.13. The van der Waals surface area contributed by atoms with E-state index in [0.717, 1.165) is 30.9 Å². The molecule has 1 unspecified atom stereocenters. The van der Waals surface area contributed by atoms with E-state index in [-0.39, 0.29) is 12.1 Å². The maximum absolute atomic E-state index is 11.4. The summed E-state index contributed by atoms with van der Waals surface area (Å²) in [5, 5.41) is 4.22. The topological polar surface area (TPSA) is 52.0 Å². The average molecular weight is 232 g/mol. The van der Waals surface area contributed by atoms with E-state index < -0.39 is 0 Å². The minimum absolute atomic E-state index is 0.0242. The van der Waals surface area contributed by atoms with Crippen molar-refractivity contribution in [3.8, 4) is 0 Å². The molecular weight excluding hydrogens is 216 g/mol. The predicted molar refractivity (Wildman–Crippen MR) is 65.6 cm³/mol. The van der Waals surface area contributed by atoms with Crippen LogP contribution in [0, 0.1) is 5.92 Å². The van der Waals surface area contributed by atoms with Gasteiger partial charge in [0.25, 0.3) is 5.56 Å². The summed E-state index contributed by atoms with van der Waals surface area (Å²) in [6.07, 6.45) is 6.08. The van der Waals surface area contributed by atoms with Crippen molar-refractivity contribution in [3.05, 3.63) is 34.3 Å². The first-order chi connectivity index (χ1) is 8.20. The van der Waals surface area contributed by atoms with E-state index >= 15 is 0 Å². The molecule has 4 heteroatoms. The van der Waals surface area contributed by atoms with Gasteiger partial charge in [-0.05, 0) is 36.8 Å². The van der Waals surface area contributed by atoms with E-state index in [0.29, 0.717) is 6.29 Å². The summed E-state index contributed by atoms with van der Waals surface area (Å²) in [5.41, 5.74) is 1.77. The van der Waals surface area contributed by atoms with E-state index in [9.17, 15) is 9.59 Å². The van der Waals surface area contributed by atoms with E-state index in [2.05, 4.69) is 18.1 Å². The van der Waals surface area contributed by atoms with Crippen LogP contribution in [0.5, 0.6) is 0 Å². The number of carbonyl (C=O) groups excluding carboxylic acids is 1. The van der Waals surface area contributed by atoms with Crippen molar-refractivity contribution in [2.75, 3.05) is 0 Å². The first-order valence-electron chi connectivity index (χ1n) is 5.92. The van der Waals surface area contributed by atoms with Crippen molar-refractivity contribution in [1.82, 2.24) is 9.78 Å². The van der Waals surface area contributed by atoms with Crippen LogP contribution in [0.4, 0.5) is 0 Å². The zero-order valence-electron chi connectivity index (χ0n) is 9.93. The zero-order chi connectivity index (χ0) is 12.3. The maximum atomic E-state index is 11.4. The maximum Gasteiger partial charge on any atom is 0.267 e. The van der Waals surface area contributed by atoms with Gasteiger partial charge in [-0.25, -0.2) is 4.68 Å². The highest BCUT2D eigenvalue weighted by molar-refractivity contribution is 5.62. The summed E-state index contributed by atoms with van der Waals surface area (Å²) < 4.78 is 1.21. The van der Waals surface area contributed by atoms with Gasteiger partial charge in [0.15, 0.2) is 0 Å². The Bertz CT molecular complexity index is 502. The molecule has 0 saturated carbocycles. The fourth-order valence-corrected chi connectivity index (χ4v) is 2.02. The molecule has 1 atom stereocenters. The van der Waals surface area contributed by atoms with Gasteiger partial charge >= 0.3 is 0 Å². The monoisotopic (exact) mass is 232 g/mol. The Morgan fingerprint density at radius 3 is 3.00 bits per heavy atom. The Morgan fingerprint density at radius 2 is 2.35 bits per heavy atom. The molecule has 0 radical (unpaired) electrons. The van der Waals surface area contributed by atoms with Crippen LogP contribution in [-0.4, -0.2) is 16.1 Å². The molecule has 0 saturated heterocycles. The molecule has 4 nitrogen and oxygen atoms in total. The fourth-order valence-electron chi connectivity index (χ4n) is 2.02. The number of aldehydes is 1. The molecule has 0 aromatic carbocycles. The van der Waals surface area contributed by atoms with Gasteiger partial charge in [-0.15, -0.1) is 0 Å². The first kappa shape index (κ1) is 11.8. The standard InChI is InChI=1S/C13H16N2O2/c1-10-2-4-11(5-3-10)12-6-7-13(17)15(14-12)8-9-16/h4,6-7,9-10H,2-3,5,8H2,1H3. The van der Waals surface area contributed by atoms with Crippen LogP contribution in [0.25, 0.3) is 5.57 Å². The van der Waals surface area contributed by atoms with Crippen molar-refractivity contribution < 1.29 is 4.79 Å². The number of hydrogen-bond donors (Lipinski definition) is 0. The van der Waals surface area contributed by atoms with Crippen LogP contribution in [0.1, 0.15) is 31.9 Å². The summed E-state index contributed by atoms with van der Waals surface area (Å²) in [6.45, 7) is 2.25. The number of allylic oxidation sites excluding steroid dienone is 2. The lowest BCUT2D eigenvalue weighted by Crippen LogP contribution is -2.23.